The van der Waals surface area contributed by atoms with Gasteiger partial charge in [0.15, 0.2) is 0 Å². The van der Waals surface area contributed by atoms with Crippen molar-refractivity contribution in [1.29, 1.82) is 0 Å². The summed E-state index contributed by atoms with van der Waals surface area (Å²) in [4.78, 5) is 0. The fourth-order valence-electron chi connectivity index (χ4n) is 6.15. The first-order valence-corrected chi connectivity index (χ1v) is 16.4. The topological polar surface area (TPSA) is 52.0 Å². The van der Waals surface area contributed by atoms with Crippen LogP contribution in [0.25, 0.3) is 0 Å². The van der Waals surface area contributed by atoms with Crippen molar-refractivity contribution in [2.24, 2.45) is 0 Å². The monoisotopic (exact) mass is 560 g/mol. The highest BCUT2D eigenvalue weighted by atomic mass is 14.5. The molecular weight excluding hydrogens is 508 g/mol. The predicted octanol–water partition coefficient (Wildman–Crippen LogP) is 10.1. The van der Waals surface area contributed by atoms with Crippen LogP contribution in [0, 0.1) is 0 Å². The van der Waals surface area contributed by atoms with Gasteiger partial charge in [-0.1, -0.05) is 113 Å². The SMILES string of the molecule is CCCc1cc(Cc2ccc(N)cc2)ccc1CCCCCCCCc1ccc(Cc2ccc(N)cc2)cc1CCC. The van der Waals surface area contributed by atoms with Crippen LogP contribution in [0.3, 0.4) is 0 Å². The average molecular weight is 561 g/mol. The highest BCUT2D eigenvalue weighted by Crippen LogP contribution is 2.22. The number of benzene rings is 4. The summed E-state index contributed by atoms with van der Waals surface area (Å²) in [5.41, 5.74) is 25.1. The van der Waals surface area contributed by atoms with Crippen molar-refractivity contribution >= 4 is 11.4 Å². The van der Waals surface area contributed by atoms with E-state index in [0.29, 0.717) is 0 Å². The zero-order valence-corrected chi connectivity index (χ0v) is 26.1. The summed E-state index contributed by atoms with van der Waals surface area (Å²) >= 11 is 0. The van der Waals surface area contributed by atoms with Gasteiger partial charge in [-0.3, -0.25) is 0 Å². The van der Waals surface area contributed by atoms with E-state index < -0.39 is 0 Å². The van der Waals surface area contributed by atoms with Crippen molar-refractivity contribution in [3.05, 3.63) is 129 Å². The second-order valence-electron chi connectivity index (χ2n) is 12.2. The molecule has 0 aliphatic carbocycles. The third kappa shape index (κ3) is 10.1. The molecule has 0 atom stereocenters. The Morgan fingerprint density at radius 1 is 0.381 bits per heavy atom. The van der Waals surface area contributed by atoms with Gasteiger partial charge < -0.3 is 11.5 Å². The van der Waals surface area contributed by atoms with E-state index in [1.807, 2.05) is 24.3 Å². The number of aryl methyl sites for hydroxylation is 4. The zero-order chi connectivity index (χ0) is 29.6. The molecule has 4 rings (SSSR count). The molecule has 4 aromatic carbocycles. The maximum Gasteiger partial charge on any atom is 0.0314 e. The van der Waals surface area contributed by atoms with Gasteiger partial charge in [0.25, 0.3) is 0 Å². The van der Waals surface area contributed by atoms with Crippen LogP contribution in [-0.2, 0) is 38.5 Å². The largest absolute Gasteiger partial charge is 0.399 e. The molecule has 0 bridgehead atoms. The molecule has 0 aliphatic heterocycles. The van der Waals surface area contributed by atoms with Gasteiger partial charge in [-0.2, -0.15) is 0 Å². The molecule has 0 radical (unpaired) electrons. The van der Waals surface area contributed by atoms with Crippen LogP contribution >= 0.6 is 0 Å². The molecule has 0 amide bonds. The van der Waals surface area contributed by atoms with E-state index in [1.165, 1.54) is 99.3 Å². The van der Waals surface area contributed by atoms with E-state index in [2.05, 4.69) is 74.5 Å². The number of nitrogens with two attached hydrogens (primary N) is 2. The van der Waals surface area contributed by atoms with Crippen LogP contribution in [0.15, 0.2) is 84.9 Å². The van der Waals surface area contributed by atoms with Gasteiger partial charge in [0.2, 0.25) is 0 Å². The van der Waals surface area contributed by atoms with Gasteiger partial charge in [0, 0.05) is 11.4 Å². The number of hydrogen-bond acceptors (Lipinski definition) is 2. The minimum atomic E-state index is 0.832. The quantitative estimate of drug-likeness (QED) is 0.0997. The minimum absolute atomic E-state index is 0.832. The van der Waals surface area contributed by atoms with Gasteiger partial charge in [-0.25, -0.2) is 0 Å². The van der Waals surface area contributed by atoms with Gasteiger partial charge in [-0.05, 0) is 120 Å². The Balaban J connectivity index is 1.17. The van der Waals surface area contributed by atoms with E-state index in [0.717, 1.165) is 24.2 Å². The second kappa shape index (κ2) is 16.8. The fraction of sp³-hybridized carbons (Fsp3) is 0.400. The molecule has 2 nitrogen and oxygen atoms in total. The van der Waals surface area contributed by atoms with Crippen LogP contribution in [0.5, 0.6) is 0 Å². The predicted molar refractivity (Wildman–Crippen MR) is 183 cm³/mol. The summed E-state index contributed by atoms with van der Waals surface area (Å²) in [6, 6.07) is 31.0. The standard InChI is InChI=1S/C40H52N2/c1-3-11-37-29-33(27-31-17-23-39(41)24-18-31)15-21-35(37)13-9-7-5-6-8-10-14-36-22-16-34(30-38(36)12-4-2)28-32-19-25-40(42)26-20-32/h15-26,29-30H,3-14,27-28,41-42H2,1-2H3. The molecule has 0 fully saturated rings. The van der Waals surface area contributed by atoms with E-state index in [1.54, 1.807) is 22.3 Å². The van der Waals surface area contributed by atoms with Crippen molar-refractivity contribution < 1.29 is 0 Å². The van der Waals surface area contributed by atoms with Crippen LogP contribution < -0.4 is 11.5 Å². The van der Waals surface area contributed by atoms with Crippen molar-refractivity contribution in [3.8, 4) is 0 Å². The highest BCUT2D eigenvalue weighted by molar-refractivity contribution is 5.43. The normalized spacial score (nSPS) is 11.2. The van der Waals surface area contributed by atoms with Crippen LogP contribution in [-0.4, -0.2) is 0 Å². The number of hydrogen-bond donors (Lipinski definition) is 2. The number of anilines is 2. The lowest BCUT2D eigenvalue weighted by molar-refractivity contribution is 0.592. The maximum atomic E-state index is 5.86. The highest BCUT2D eigenvalue weighted by Gasteiger charge is 2.07. The molecule has 2 heteroatoms. The molecule has 0 aliphatic rings. The van der Waals surface area contributed by atoms with Crippen molar-refractivity contribution in [2.45, 2.75) is 104 Å². The van der Waals surface area contributed by atoms with E-state index in [-0.39, 0.29) is 0 Å². The second-order valence-corrected chi connectivity index (χ2v) is 12.2. The molecule has 222 valence electrons. The Kier molecular flexibility index (Phi) is 12.6. The summed E-state index contributed by atoms with van der Waals surface area (Å²) in [7, 11) is 0. The van der Waals surface area contributed by atoms with Gasteiger partial charge >= 0.3 is 0 Å². The summed E-state index contributed by atoms with van der Waals surface area (Å²) in [5, 5.41) is 0. The Morgan fingerprint density at radius 2 is 0.738 bits per heavy atom. The maximum absolute atomic E-state index is 5.86. The summed E-state index contributed by atoms with van der Waals surface area (Å²) in [6.07, 6.45) is 17.1. The number of unbranched alkanes of at least 4 members (excludes halogenated alkanes) is 5. The van der Waals surface area contributed by atoms with Crippen molar-refractivity contribution in [2.75, 3.05) is 11.5 Å². The minimum Gasteiger partial charge on any atom is -0.399 e. The van der Waals surface area contributed by atoms with Gasteiger partial charge in [0.05, 0.1) is 0 Å². The molecule has 0 saturated heterocycles. The first-order chi connectivity index (χ1) is 20.5. The molecule has 4 aromatic rings. The zero-order valence-electron chi connectivity index (χ0n) is 26.1. The summed E-state index contributed by atoms with van der Waals surface area (Å²) in [6.45, 7) is 4.58. The van der Waals surface area contributed by atoms with Crippen molar-refractivity contribution in [1.82, 2.24) is 0 Å². The van der Waals surface area contributed by atoms with Crippen LogP contribution in [0.4, 0.5) is 11.4 Å². The van der Waals surface area contributed by atoms with E-state index in [9.17, 15) is 0 Å². The average Bonchev–Trinajstić information content (AvgIpc) is 2.99. The Hall–Kier alpha value is -3.52. The lowest BCUT2D eigenvalue weighted by Gasteiger charge is -2.13. The van der Waals surface area contributed by atoms with Crippen molar-refractivity contribution in [3.63, 3.8) is 0 Å². The number of rotatable bonds is 17. The Labute approximate surface area is 255 Å². The fourth-order valence-corrected chi connectivity index (χ4v) is 6.15. The van der Waals surface area contributed by atoms with Crippen LogP contribution in [0.1, 0.15) is 110 Å². The third-order valence-corrected chi connectivity index (χ3v) is 8.50. The van der Waals surface area contributed by atoms with E-state index in [4.69, 9.17) is 11.5 Å². The smallest absolute Gasteiger partial charge is 0.0314 e. The first-order valence-electron chi connectivity index (χ1n) is 16.4. The Morgan fingerprint density at radius 3 is 1.12 bits per heavy atom. The van der Waals surface area contributed by atoms with Gasteiger partial charge in [0.1, 0.15) is 0 Å². The van der Waals surface area contributed by atoms with Gasteiger partial charge in [-0.15, -0.1) is 0 Å². The first kappa shape index (κ1) is 31.4. The lowest BCUT2D eigenvalue weighted by Crippen LogP contribution is -1.99. The molecule has 4 N–H and O–H groups in total. The summed E-state index contributed by atoms with van der Waals surface area (Å²) in [5.74, 6) is 0. The Bertz CT molecular complexity index is 1240. The third-order valence-electron chi connectivity index (χ3n) is 8.50. The molecule has 0 saturated carbocycles. The lowest BCUT2D eigenvalue weighted by atomic mass is 9.93. The molecule has 0 aromatic heterocycles. The molecular formula is C40H52N2. The number of nitrogen functional groups attached to an aromatic ring is 2. The molecule has 42 heavy (non-hydrogen) atoms. The molecule has 0 unspecified atom stereocenters. The van der Waals surface area contributed by atoms with Crippen LogP contribution in [0.2, 0.25) is 0 Å². The molecule has 0 spiro atoms. The van der Waals surface area contributed by atoms with E-state index >= 15 is 0 Å². The molecule has 0 heterocycles. The summed E-state index contributed by atoms with van der Waals surface area (Å²) < 4.78 is 0.